The number of anilines is 1. The topological polar surface area (TPSA) is 107 Å². The van der Waals surface area contributed by atoms with Crippen molar-refractivity contribution in [3.63, 3.8) is 0 Å². The van der Waals surface area contributed by atoms with E-state index in [2.05, 4.69) is 20.4 Å². The van der Waals surface area contributed by atoms with Crippen molar-refractivity contribution >= 4 is 11.7 Å². The van der Waals surface area contributed by atoms with Gasteiger partial charge < -0.3 is 15.6 Å². The zero-order valence-electron chi connectivity index (χ0n) is 12.3. The Bertz CT molecular complexity index is 801. The van der Waals surface area contributed by atoms with Gasteiger partial charge in [-0.25, -0.2) is 4.98 Å². The van der Waals surface area contributed by atoms with E-state index in [1.54, 1.807) is 30.7 Å². The Kier molecular flexibility index (Phi) is 4.39. The average Bonchev–Trinajstić information content (AvgIpc) is 3.05. The van der Waals surface area contributed by atoms with Gasteiger partial charge in [0.15, 0.2) is 5.69 Å². The monoisotopic (exact) mass is 309 g/mol. The van der Waals surface area contributed by atoms with Gasteiger partial charge >= 0.3 is 0 Å². The van der Waals surface area contributed by atoms with E-state index in [1.165, 1.54) is 0 Å². The first-order valence-electron chi connectivity index (χ1n) is 7.10. The summed E-state index contributed by atoms with van der Waals surface area (Å²) in [6.45, 7) is 0.435. The number of carbonyl (C=O) groups excluding carboxylic acids is 1. The molecule has 3 N–H and O–H groups in total. The Morgan fingerprint density at radius 1 is 1.22 bits per heavy atom. The third-order valence-corrected chi connectivity index (χ3v) is 3.18. The van der Waals surface area contributed by atoms with E-state index in [4.69, 9.17) is 10.3 Å². The average molecular weight is 309 g/mol. The van der Waals surface area contributed by atoms with Crippen LogP contribution in [0.5, 0.6) is 0 Å². The Hall–Kier alpha value is -3.06. The number of hydrogen-bond acceptors (Lipinski definition) is 6. The highest BCUT2D eigenvalue weighted by Crippen LogP contribution is 2.20. The molecule has 0 unspecified atom stereocenters. The first-order valence-corrected chi connectivity index (χ1v) is 7.10. The highest BCUT2D eigenvalue weighted by atomic mass is 16.5. The summed E-state index contributed by atoms with van der Waals surface area (Å²) in [6.07, 6.45) is 5.62. The minimum absolute atomic E-state index is 0.196. The van der Waals surface area contributed by atoms with Gasteiger partial charge in [0.2, 0.25) is 0 Å². The normalized spacial score (nSPS) is 10.5. The van der Waals surface area contributed by atoms with Gasteiger partial charge in [0.25, 0.3) is 5.91 Å². The number of amides is 1. The number of pyridine rings is 2. The molecule has 0 bridgehead atoms. The van der Waals surface area contributed by atoms with Gasteiger partial charge in [0, 0.05) is 36.6 Å². The van der Waals surface area contributed by atoms with Gasteiger partial charge in [-0.3, -0.25) is 9.78 Å². The van der Waals surface area contributed by atoms with Crippen molar-refractivity contribution in [2.24, 2.45) is 5.73 Å². The summed E-state index contributed by atoms with van der Waals surface area (Å²) in [4.78, 5) is 20.4. The fraction of sp³-hybridized carbons (Fsp3) is 0.125. The van der Waals surface area contributed by atoms with Crippen molar-refractivity contribution in [1.29, 1.82) is 0 Å². The lowest BCUT2D eigenvalue weighted by Gasteiger charge is -2.05. The third-order valence-electron chi connectivity index (χ3n) is 3.18. The number of aromatic nitrogens is 3. The largest absolute Gasteiger partial charge is 0.361 e. The number of nitrogens with two attached hydrogens (primary N) is 1. The first kappa shape index (κ1) is 14.9. The van der Waals surface area contributed by atoms with Gasteiger partial charge in [0.05, 0.1) is 0 Å². The molecule has 0 fully saturated rings. The molecule has 0 aliphatic rings. The number of rotatable bonds is 5. The van der Waals surface area contributed by atoms with Gasteiger partial charge in [-0.15, -0.1) is 0 Å². The molecule has 0 spiro atoms. The molecular formula is C16H15N5O2. The van der Waals surface area contributed by atoms with Crippen LogP contribution < -0.4 is 11.1 Å². The lowest BCUT2D eigenvalue weighted by Crippen LogP contribution is -2.13. The zero-order valence-corrected chi connectivity index (χ0v) is 12.3. The summed E-state index contributed by atoms with van der Waals surface area (Å²) >= 11 is 0. The predicted octanol–water partition coefficient (Wildman–Crippen LogP) is 1.89. The number of carbonyl (C=O) groups is 1. The fourth-order valence-corrected chi connectivity index (χ4v) is 2.07. The van der Waals surface area contributed by atoms with E-state index in [0.717, 1.165) is 11.1 Å². The summed E-state index contributed by atoms with van der Waals surface area (Å²) in [7, 11) is 0. The Labute approximate surface area is 132 Å². The summed E-state index contributed by atoms with van der Waals surface area (Å²) in [5, 5.41) is 6.43. The van der Waals surface area contributed by atoms with Crippen LogP contribution in [0.2, 0.25) is 0 Å². The lowest BCUT2D eigenvalue weighted by atomic mass is 10.1. The van der Waals surface area contributed by atoms with Crippen LogP contribution in [0, 0.1) is 0 Å². The van der Waals surface area contributed by atoms with E-state index in [-0.39, 0.29) is 11.6 Å². The second-order valence-corrected chi connectivity index (χ2v) is 4.84. The summed E-state index contributed by atoms with van der Waals surface area (Å²) in [5.74, 6) is 0.627. The molecular weight excluding hydrogens is 294 g/mol. The van der Waals surface area contributed by atoms with Crippen LogP contribution in [0.15, 0.2) is 53.4 Å². The first-order chi connectivity index (χ1) is 11.3. The van der Waals surface area contributed by atoms with Crippen molar-refractivity contribution in [1.82, 2.24) is 15.1 Å². The molecule has 23 heavy (non-hydrogen) atoms. The van der Waals surface area contributed by atoms with Crippen LogP contribution in [-0.2, 0) is 6.42 Å². The van der Waals surface area contributed by atoms with Crippen molar-refractivity contribution in [2.45, 2.75) is 6.42 Å². The lowest BCUT2D eigenvalue weighted by molar-refractivity contribution is 0.101. The van der Waals surface area contributed by atoms with Gasteiger partial charge in [0.1, 0.15) is 11.6 Å². The SMILES string of the molecule is NCCc1cc(C(=O)Nc2cc(-c3cccnc3)ccn2)no1. The van der Waals surface area contributed by atoms with Crippen LogP contribution >= 0.6 is 0 Å². The van der Waals surface area contributed by atoms with E-state index < -0.39 is 0 Å². The molecule has 0 aliphatic heterocycles. The molecule has 3 heterocycles. The Morgan fingerprint density at radius 2 is 2.13 bits per heavy atom. The third kappa shape index (κ3) is 3.58. The van der Waals surface area contributed by atoms with E-state index in [1.807, 2.05) is 18.2 Å². The highest BCUT2D eigenvalue weighted by Gasteiger charge is 2.13. The maximum Gasteiger partial charge on any atom is 0.279 e. The fourth-order valence-electron chi connectivity index (χ4n) is 2.07. The van der Waals surface area contributed by atoms with E-state index in [9.17, 15) is 4.79 Å². The summed E-state index contributed by atoms with van der Waals surface area (Å²) in [5.41, 5.74) is 7.49. The molecule has 0 atom stereocenters. The zero-order chi connectivity index (χ0) is 16.1. The van der Waals surface area contributed by atoms with Gasteiger partial charge in [-0.1, -0.05) is 11.2 Å². The van der Waals surface area contributed by atoms with Crippen molar-refractivity contribution in [2.75, 3.05) is 11.9 Å². The maximum atomic E-state index is 12.2. The number of nitrogens with zero attached hydrogens (tertiary/aromatic N) is 3. The summed E-state index contributed by atoms with van der Waals surface area (Å²) in [6, 6.07) is 8.98. The smallest absolute Gasteiger partial charge is 0.279 e. The minimum Gasteiger partial charge on any atom is -0.361 e. The molecule has 3 aromatic heterocycles. The summed E-state index contributed by atoms with van der Waals surface area (Å²) < 4.78 is 5.04. The van der Waals surface area contributed by atoms with E-state index >= 15 is 0 Å². The van der Waals surface area contributed by atoms with Crippen molar-refractivity contribution in [3.05, 3.63) is 60.4 Å². The number of hydrogen-bond donors (Lipinski definition) is 2. The molecule has 3 rings (SSSR count). The van der Waals surface area contributed by atoms with Crippen molar-refractivity contribution in [3.8, 4) is 11.1 Å². The molecule has 0 saturated carbocycles. The molecule has 0 aliphatic carbocycles. The van der Waals surface area contributed by atoms with Crippen LogP contribution in [0.1, 0.15) is 16.2 Å². The molecule has 1 amide bonds. The molecule has 0 aromatic carbocycles. The maximum absolute atomic E-state index is 12.2. The van der Waals surface area contributed by atoms with Crippen LogP contribution in [0.25, 0.3) is 11.1 Å². The van der Waals surface area contributed by atoms with Gasteiger partial charge in [-0.05, 0) is 30.3 Å². The molecule has 0 saturated heterocycles. The molecule has 7 heteroatoms. The second kappa shape index (κ2) is 6.80. The van der Waals surface area contributed by atoms with E-state index in [0.29, 0.717) is 24.5 Å². The molecule has 116 valence electrons. The van der Waals surface area contributed by atoms with Crippen LogP contribution in [-0.4, -0.2) is 27.6 Å². The Balaban J connectivity index is 1.76. The quantitative estimate of drug-likeness (QED) is 0.745. The number of nitrogens with one attached hydrogen (secondary N) is 1. The van der Waals surface area contributed by atoms with Crippen molar-refractivity contribution < 1.29 is 9.32 Å². The highest BCUT2D eigenvalue weighted by molar-refractivity contribution is 6.02. The van der Waals surface area contributed by atoms with Crippen LogP contribution in [0.4, 0.5) is 5.82 Å². The molecule has 3 aromatic rings. The minimum atomic E-state index is -0.382. The predicted molar refractivity (Wildman–Crippen MR) is 84.7 cm³/mol. The standard InChI is InChI=1S/C16H15N5O2/c17-5-3-13-9-14(21-23-13)16(22)20-15-8-11(4-7-19-15)12-2-1-6-18-10-12/h1-2,4,6-10H,3,5,17H2,(H,19,20,22). The van der Waals surface area contributed by atoms with Gasteiger partial charge in [-0.2, -0.15) is 0 Å². The van der Waals surface area contributed by atoms with Crippen LogP contribution in [0.3, 0.4) is 0 Å². The molecule has 0 radical (unpaired) electrons. The molecule has 7 nitrogen and oxygen atoms in total. The second-order valence-electron chi connectivity index (χ2n) is 4.84. The Morgan fingerprint density at radius 3 is 2.91 bits per heavy atom.